The van der Waals surface area contributed by atoms with Crippen LogP contribution in [0.4, 0.5) is 19.0 Å². The van der Waals surface area contributed by atoms with Crippen LogP contribution in [0, 0.1) is 0 Å². The molecule has 248 valence electrons. The van der Waals surface area contributed by atoms with Crippen molar-refractivity contribution < 1.29 is 37.0 Å². The van der Waals surface area contributed by atoms with Gasteiger partial charge in [-0.05, 0) is 43.2 Å². The second-order valence-electron chi connectivity index (χ2n) is 11.2. The van der Waals surface area contributed by atoms with E-state index in [-0.39, 0.29) is 23.6 Å². The summed E-state index contributed by atoms with van der Waals surface area (Å²) in [7, 11) is 0. The molecule has 3 atom stereocenters. The number of alkyl halides is 3. The average molecular weight is 644 g/mol. The number of carbonyl (C=O) groups is 2. The highest BCUT2D eigenvalue weighted by atomic mass is 19.3. The molecule has 4 rings (SSSR count). The van der Waals surface area contributed by atoms with E-state index in [2.05, 4.69) is 10.3 Å². The third-order valence-electron chi connectivity index (χ3n) is 7.68. The maximum atomic E-state index is 15.9. The summed E-state index contributed by atoms with van der Waals surface area (Å²) < 4.78 is 60.6. The Balaban J connectivity index is 1.37. The van der Waals surface area contributed by atoms with Gasteiger partial charge in [0.05, 0.1) is 17.8 Å². The Bertz CT molecular complexity index is 1440. The van der Waals surface area contributed by atoms with E-state index in [9.17, 15) is 18.8 Å². The maximum Gasteiger partial charge on any atom is 0.351 e. The van der Waals surface area contributed by atoms with Crippen molar-refractivity contribution in [2.45, 2.75) is 82.1 Å². The highest BCUT2D eigenvalue weighted by Crippen LogP contribution is 2.44. The first-order valence-electron chi connectivity index (χ1n) is 15.7. The average Bonchev–Trinajstić information content (AvgIpc) is 3.31. The van der Waals surface area contributed by atoms with Crippen molar-refractivity contribution in [2.24, 2.45) is 0 Å². The third kappa shape index (κ3) is 9.65. The lowest BCUT2D eigenvalue weighted by Gasteiger charge is -2.24. The van der Waals surface area contributed by atoms with E-state index in [1.54, 1.807) is 36.4 Å². The number of nitrogens with zero attached hydrogens (tertiary/aromatic N) is 2. The van der Waals surface area contributed by atoms with Gasteiger partial charge in [-0.3, -0.25) is 8.96 Å². The number of benzene rings is 2. The van der Waals surface area contributed by atoms with Crippen LogP contribution in [0.5, 0.6) is 0 Å². The Labute approximate surface area is 266 Å². The first-order valence-corrected chi connectivity index (χ1v) is 15.7. The summed E-state index contributed by atoms with van der Waals surface area (Å²) in [5.41, 5.74) is -0.745. The molecule has 9 nitrogen and oxygen atoms in total. The van der Waals surface area contributed by atoms with E-state index < -0.39 is 48.6 Å². The van der Waals surface area contributed by atoms with Crippen LogP contribution in [0.3, 0.4) is 0 Å². The molecule has 1 saturated heterocycles. The number of hydrogen-bond acceptors (Lipinski definition) is 8. The number of rotatable bonds is 18. The molecule has 2 heterocycles. The van der Waals surface area contributed by atoms with Gasteiger partial charge in [0.15, 0.2) is 6.10 Å². The van der Waals surface area contributed by atoms with Crippen LogP contribution >= 0.6 is 0 Å². The van der Waals surface area contributed by atoms with Crippen LogP contribution in [0.2, 0.25) is 0 Å². The van der Waals surface area contributed by atoms with Crippen molar-refractivity contribution in [3.63, 3.8) is 0 Å². The van der Waals surface area contributed by atoms with Gasteiger partial charge in [0.25, 0.3) is 0 Å². The second-order valence-corrected chi connectivity index (χ2v) is 11.2. The van der Waals surface area contributed by atoms with E-state index in [0.717, 1.165) is 57.6 Å². The van der Waals surface area contributed by atoms with Crippen LogP contribution < -0.4 is 11.0 Å². The molecule has 3 aromatic rings. The highest BCUT2D eigenvalue weighted by Gasteiger charge is 2.63. The molecule has 0 aliphatic carbocycles. The molecule has 0 spiro atoms. The van der Waals surface area contributed by atoms with Crippen LogP contribution in [-0.4, -0.2) is 59.4 Å². The summed E-state index contributed by atoms with van der Waals surface area (Å²) in [6, 6.07) is 17.0. The Hall–Kier alpha value is -4.19. The van der Waals surface area contributed by atoms with Gasteiger partial charge in [-0.2, -0.15) is 13.8 Å². The zero-order chi connectivity index (χ0) is 32.8. The van der Waals surface area contributed by atoms with Crippen molar-refractivity contribution >= 4 is 17.8 Å². The molecule has 1 N–H and O–H groups in total. The maximum absolute atomic E-state index is 15.9. The molecule has 12 heteroatoms. The lowest BCUT2D eigenvalue weighted by Crippen LogP contribution is -2.44. The SMILES string of the molecule is O=C(OC[C@H]1O[C@@H](n2ccc(NCCCCCCCCCCCF)nc2=O)C(F)(F)[C@@H]1OC(=O)c1ccccc1)c1ccccc1. The monoisotopic (exact) mass is 643 g/mol. The second kappa shape index (κ2) is 17.5. The molecule has 0 bridgehead atoms. The molecule has 0 unspecified atom stereocenters. The van der Waals surface area contributed by atoms with Crippen molar-refractivity contribution in [1.82, 2.24) is 9.55 Å². The molecule has 0 amide bonds. The Morgan fingerprint density at radius 2 is 1.39 bits per heavy atom. The normalized spacial score (nSPS) is 18.6. The molecule has 1 fully saturated rings. The summed E-state index contributed by atoms with van der Waals surface area (Å²) in [5, 5.41) is 3.04. The lowest BCUT2D eigenvalue weighted by atomic mass is 10.1. The smallest absolute Gasteiger partial charge is 0.351 e. The first-order chi connectivity index (χ1) is 22.3. The number of ether oxygens (including phenoxy) is 3. The Morgan fingerprint density at radius 3 is 1.98 bits per heavy atom. The number of halogens is 3. The first kappa shape index (κ1) is 34.7. The van der Waals surface area contributed by atoms with E-state index in [1.165, 1.54) is 30.3 Å². The Morgan fingerprint density at radius 1 is 0.826 bits per heavy atom. The van der Waals surface area contributed by atoms with Gasteiger partial charge in [0.1, 0.15) is 18.5 Å². The number of anilines is 1. The molecule has 1 aliphatic heterocycles. The highest BCUT2D eigenvalue weighted by molar-refractivity contribution is 5.90. The van der Waals surface area contributed by atoms with Crippen molar-refractivity contribution in [3.05, 3.63) is 94.5 Å². The molecule has 1 aliphatic rings. The molecular formula is C34H40F3N3O6. The fourth-order valence-electron chi connectivity index (χ4n) is 5.18. The minimum absolute atomic E-state index is 0.0428. The molecule has 0 saturated carbocycles. The standard InChI is InChI=1S/C34H40F3N3O6/c35-21-14-6-4-2-1-3-5-7-15-22-38-28-20-23-40(33(43)39-28)32-34(36,37)29(46-31(42)26-18-12-9-13-19-26)27(45-32)24-44-30(41)25-16-10-8-11-17-25/h8-13,16-20,23,27,29,32H,1-7,14-15,21-22,24H2,(H,38,39,43)/t27-,29-,32-/m1/s1. The summed E-state index contributed by atoms with van der Waals surface area (Å²) >= 11 is 0. The molecule has 2 aromatic carbocycles. The quantitative estimate of drug-likeness (QED) is 0.120. The fourth-order valence-corrected chi connectivity index (χ4v) is 5.18. The van der Waals surface area contributed by atoms with Gasteiger partial charge < -0.3 is 19.5 Å². The van der Waals surface area contributed by atoms with E-state index in [4.69, 9.17) is 14.2 Å². The number of unbranched alkanes of at least 4 members (excludes halogenated alkanes) is 8. The van der Waals surface area contributed by atoms with Gasteiger partial charge in [-0.1, -0.05) is 81.3 Å². The van der Waals surface area contributed by atoms with E-state index in [1.807, 2.05) is 0 Å². The van der Waals surface area contributed by atoms with Crippen LogP contribution in [0.25, 0.3) is 0 Å². The predicted octanol–water partition coefficient (Wildman–Crippen LogP) is 6.75. The summed E-state index contributed by atoms with van der Waals surface area (Å²) in [6.07, 6.45) is 4.07. The number of carbonyl (C=O) groups excluding carboxylic acids is 2. The molecule has 0 radical (unpaired) electrons. The number of nitrogens with one attached hydrogen (secondary N) is 1. The lowest BCUT2D eigenvalue weighted by molar-refractivity contribution is -0.142. The zero-order valence-corrected chi connectivity index (χ0v) is 25.6. The van der Waals surface area contributed by atoms with Crippen molar-refractivity contribution in [2.75, 3.05) is 25.1 Å². The number of esters is 2. The summed E-state index contributed by atoms with van der Waals surface area (Å²) in [4.78, 5) is 42.1. The van der Waals surface area contributed by atoms with Gasteiger partial charge in [0.2, 0.25) is 6.23 Å². The van der Waals surface area contributed by atoms with E-state index in [0.29, 0.717) is 17.5 Å². The summed E-state index contributed by atoms with van der Waals surface area (Å²) in [5.74, 6) is -5.45. The summed E-state index contributed by atoms with van der Waals surface area (Å²) in [6.45, 7) is -0.359. The molecule has 1 aromatic heterocycles. The predicted molar refractivity (Wildman–Crippen MR) is 166 cm³/mol. The largest absolute Gasteiger partial charge is 0.459 e. The molecule has 46 heavy (non-hydrogen) atoms. The number of hydrogen-bond donors (Lipinski definition) is 1. The van der Waals surface area contributed by atoms with Crippen LogP contribution in [-0.2, 0) is 14.2 Å². The van der Waals surface area contributed by atoms with Crippen molar-refractivity contribution in [1.29, 1.82) is 0 Å². The molecular weight excluding hydrogens is 603 g/mol. The van der Waals surface area contributed by atoms with Gasteiger partial charge >= 0.3 is 23.6 Å². The topological polar surface area (TPSA) is 109 Å². The van der Waals surface area contributed by atoms with E-state index >= 15 is 8.78 Å². The number of aromatic nitrogens is 2. The zero-order valence-electron chi connectivity index (χ0n) is 25.6. The third-order valence-corrected chi connectivity index (χ3v) is 7.68. The van der Waals surface area contributed by atoms with Gasteiger partial charge in [0, 0.05) is 12.7 Å². The fraction of sp³-hybridized carbons (Fsp3) is 0.471. The Kier molecular flexibility index (Phi) is 13.2. The van der Waals surface area contributed by atoms with Gasteiger partial charge in [-0.15, -0.1) is 0 Å². The minimum atomic E-state index is -3.89. The van der Waals surface area contributed by atoms with Gasteiger partial charge in [-0.25, -0.2) is 14.4 Å². The van der Waals surface area contributed by atoms with Crippen molar-refractivity contribution in [3.8, 4) is 0 Å². The van der Waals surface area contributed by atoms with Crippen LogP contribution in [0.1, 0.15) is 84.7 Å². The minimum Gasteiger partial charge on any atom is -0.459 e. The van der Waals surface area contributed by atoms with Crippen LogP contribution in [0.15, 0.2) is 77.7 Å².